The van der Waals surface area contributed by atoms with Gasteiger partial charge in [0.1, 0.15) is 6.17 Å². The molecule has 10 heteroatoms. The standard InChI is InChI=1S/C17H17F4N5O/c1-9-2-10(11-5-24-16(25-6-11)17(19,20)21)3-13(26-9)8-23-15(27)14-4-12(18)7-22-14/h2-3,5-6,12,14,22H,4,7-8H2,1H3,(H,23,27). The molecule has 3 heterocycles. The number of aryl methyl sites for hydroxylation is 1. The summed E-state index contributed by atoms with van der Waals surface area (Å²) in [7, 11) is 0. The summed E-state index contributed by atoms with van der Waals surface area (Å²) in [4.78, 5) is 23.0. The normalized spacial score (nSPS) is 19.9. The van der Waals surface area contributed by atoms with Gasteiger partial charge in [0, 0.05) is 36.6 Å². The van der Waals surface area contributed by atoms with Gasteiger partial charge in [-0.3, -0.25) is 9.78 Å². The van der Waals surface area contributed by atoms with Crippen molar-refractivity contribution >= 4 is 5.91 Å². The predicted octanol–water partition coefficient (Wildman–Crippen LogP) is 2.18. The highest BCUT2D eigenvalue weighted by Crippen LogP contribution is 2.27. The van der Waals surface area contributed by atoms with Crippen LogP contribution in [0.4, 0.5) is 17.6 Å². The van der Waals surface area contributed by atoms with E-state index in [9.17, 15) is 22.4 Å². The third kappa shape index (κ3) is 4.76. The molecular weight excluding hydrogens is 366 g/mol. The second kappa shape index (κ2) is 7.55. The topological polar surface area (TPSA) is 79.8 Å². The zero-order valence-corrected chi connectivity index (χ0v) is 14.3. The van der Waals surface area contributed by atoms with Crippen molar-refractivity contribution < 1.29 is 22.4 Å². The molecule has 2 aromatic heterocycles. The van der Waals surface area contributed by atoms with Crippen molar-refractivity contribution in [2.45, 2.75) is 38.3 Å². The van der Waals surface area contributed by atoms with E-state index in [1.807, 2.05) is 0 Å². The number of nitrogens with zero attached hydrogens (tertiary/aromatic N) is 3. The average molecular weight is 383 g/mol. The van der Waals surface area contributed by atoms with Crippen molar-refractivity contribution in [1.82, 2.24) is 25.6 Å². The maximum absolute atomic E-state index is 13.2. The minimum atomic E-state index is -4.60. The molecule has 0 bridgehead atoms. The van der Waals surface area contributed by atoms with Gasteiger partial charge in [0.2, 0.25) is 11.7 Å². The van der Waals surface area contributed by atoms with Gasteiger partial charge in [-0.1, -0.05) is 0 Å². The maximum Gasteiger partial charge on any atom is 0.451 e. The van der Waals surface area contributed by atoms with E-state index in [1.165, 1.54) is 0 Å². The number of carbonyl (C=O) groups is 1. The van der Waals surface area contributed by atoms with Gasteiger partial charge in [0.15, 0.2) is 0 Å². The average Bonchev–Trinajstić information content (AvgIpc) is 3.05. The van der Waals surface area contributed by atoms with Crippen LogP contribution in [0.3, 0.4) is 0 Å². The fraction of sp³-hybridized carbons (Fsp3) is 0.412. The molecule has 0 radical (unpaired) electrons. The molecular formula is C17H17F4N5O. The molecule has 1 fully saturated rings. The molecule has 1 amide bonds. The van der Waals surface area contributed by atoms with E-state index in [2.05, 4.69) is 25.6 Å². The fourth-order valence-corrected chi connectivity index (χ4v) is 2.81. The molecule has 2 unspecified atom stereocenters. The lowest BCUT2D eigenvalue weighted by Gasteiger charge is -2.12. The number of pyridine rings is 1. The van der Waals surface area contributed by atoms with E-state index in [4.69, 9.17) is 0 Å². The molecule has 0 aliphatic carbocycles. The Morgan fingerprint density at radius 2 is 1.96 bits per heavy atom. The number of aromatic nitrogens is 3. The van der Waals surface area contributed by atoms with Gasteiger partial charge in [-0.25, -0.2) is 14.4 Å². The monoisotopic (exact) mass is 383 g/mol. The molecule has 6 nitrogen and oxygen atoms in total. The fourth-order valence-electron chi connectivity index (χ4n) is 2.81. The number of halogens is 4. The first-order chi connectivity index (χ1) is 12.7. The first-order valence-corrected chi connectivity index (χ1v) is 8.24. The highest BCUT2D eigenvalue weighted by atomic mass is 19.4. The van der Waals surface area contributed by atoms with Crippen LogP contribution in [0.1, 0.15) is 23.6 Å². The van der Waals surface area contributed by atoms with Crippen LogP contribution < -0.4 is 10.6 Å². The quantitative estimate of drug-likeness (QED) is 0.792. The maximum atomic E-state index is 13.2. The second-order valence-corrected chi connectivity index (χ2v) is 6.29. The Kier molecular flexibility index (Phi) is 5.36. The molecule has 1 aliphatic rings. The van der Waals surface area contributed by atoms with E-state index in [0.717, 1.165) is 12.4 Å². The summed E-state index contributed by atoms with van der Waals surface area (Å²) in [5, 5.41) is 5.48. The summed E-state index contributed by atoms with van der Waals surface area (Å²) in [5.41, 5.74) is 2.13. The molecule has 2 atom stereocenters. The van der Waals surface area contributed by atoms with Crippen LogP contribution in [-0.2, 0) is 17.5 Å². The molecule has 0 saturated carbocycles. The molecule has 27 heavy (non-hydrogen) atoms. The Hall–Kier alpha value is -2.62. The molecule has 1 aliphatic heterocycles. The summed E-state index contributed by atoms with van der Waals surface area (Å²) in [6, 6.07) is 2.75. The molecule has 3 rings (SSSR count). The van der Waals surface area contributed by atoms with E-state index in [0.29, 0.717) is 22.5 Å². The van der Waals surface area contributed by atoms with Gasteiger partial charge >= 0.3 is 6.18 Å². The number of hydrogen-bond donors (Lipinski definition) is 2. The summed E-state index contributed by atoms with van der Waals surface area (Å²) in [6.45, 7) is 2.00. The lowest BCUT2D eigenvalue weighted by molar-refractivity contribution is -0.145. The molecule has 2 N–H and O–H groups in total. The van der Waals surface area contributed by atoms with Crippen LogP contribution in [-0.4, -0.2) is 39.6 Å². The Bertz CT molecular complexity index is 825. The lowest BCUT2D eigenvalue weighted by atomic mass is 10.1. The minimum Gasteiger partial charge on any atom is -0.349 e. The van der Waals surface area contributed by atoms with Crippen LogP contribution in [0.2, 0.25) is 0 Å². The molecule has 2 aromatic rings. The number of amides is 1. The Morgan fingerprint density at radius 1 is 1.26 bits per heavy atom. The van der Waals surface area contributed by atoms with E-state index < -0.39 is 24.2 Å². The summed E-state index contributed by atoms with van der Waals surface area (Å²) < 4.78 is 50.9. The Morgan fingerprint density at radius 3 is 2.56 bits per heavy atom. The predicted molar refractivity (Wildman–Crippen MR) is 88.2 cm³/mol. The number of nitrogens with one attached hydrogen (secondary N) is 2. The van der Waals surface area contributed by atoms with Gasteiger partial charge in [-0.15, -0.1) is 0 Å². The second-order valence-electron chi connectivity index (χ2n) is 6.29. The van der Waals surface area contributed by atoms with Gasteiger partial charge < -0.3 is 10.6 Å². The van der Waals surface area contributed by atoms with Crippen molar-refractivity contribution in [3.63, 3.8) is 0 Å². The summed E-state index contributed by atoms with van der Waals surface area (Å²) >= 11 is 0. The number of hydrogen-bond acceptors (Lipinski definition) is 5. The number of rotatable bonds is 4. The number of alkyl halides is 4. The van der Waals surface area contributed by atoms with E-state index in [-0.39, 0.29) is 25.4 Å². The van der Waals surface area contributed by atoms with Crippen molar-refractivity contribution in [3.8, 4) is 11.1 Å². The van der Waals surface area contributed by atoms with Crippen LogP contribution in [0.15, 0.2) is 24.5 Å². The van der Waals surface area contributed by atoms with Gasteiger partial charge in [0.25, 0.3) is 0 Å². The highest BCUT2D eigenvalue weighted by Gasteiger charge is 2.34. The molecule has 0 spiro atoms. The van der Waals surface area contributed by atoms with Crippen LogP contribution in [0.5, 0.6) is 0 Å². The number of carbonyl (C=O) groups excluding carboxylic acids is 1. The molecule has 1 saturated heterocycles. The first-order valence-electron chi connectivity index (χ1n) is 8.24. The third-order valence-electron chi connectivity index (χ3n) is 4.08. The van der Waals surface area contributed by atoms with E-state index in [1.54, 1.807) is 19.1 Å². The van der Waals surface area contributed by atoms with E-state index >= 15 is 0 Å². The molecule has 0 aromatic carbocycles. The van der Waals surface area contributed by atoms with Crippen LogP contribution in [0.25, 0.3) is 11.1 Å². The van der Waals surface area contributed by atoms with Crippen LogP contribution in [0, 0.1) is 6.92 Å². The third-order valence-corrected chi connectivity index (χ3v) is 4.08. The zero-order valence-electron chi connectivity index (χ0n) is 14.3. The summed E-state index contributed by atoms with van der Waals surface area (Å²) in [6.07, 6.45) is -3.33. The van der Waals surface area contributed by atoms with Gasteiger partial charge in [-0.05, 0) is 24.6 Å². The van der Waals surface area contributed by atoms with Crippen molar-refractivity contribution in [1.29, 1.82) is 0 Å². The molecule has 144 valence electrons. The van der Waals surface area contributed by atoms with Crippen molar-refractivity contribution in [2.75, 3.05) is 6.54 Å². The zero-order chi connectivity index (χ0) is 19.6. The van der Waals surface area contributed by atoms with Gasteiger partial charge in [-0.2, -0.15) is 13.2 Å². The van der Waals surface area contributed by atoms with Crippen LogP contribution >= 0.6 is 0 Å². The SMILES string of the molecule is Cc1cc(-c2cnc(C(F)(F)F)nc2)cc(CNC(=O)C2CC(F)CN2)n1. The first kappa shape index (κ1) is 19.2. The summed E-state index contributed by atoms with van der Waals surface area (Å²) in [5.74, 6) is -1.53. The highest BCUT2D eigenvalue weighted by molar-refractivity contribution is 5.82. The smallest absolute Gasteiger partial charge is 0.349 e. The minimum absolute atomic E-state index is 0.115. The Labute approximate surface area is 152 Å². The van der Waals surface area contributed by atoms with Crippen molar-refractivity contribution in [2.24, 2.45) is 0 Å². The lowest BCUT2D eigenvalue weighted by Crippen LogP contribution is -2.40. The van der Waals surface area contributed by atoms with Crippen molar-refractivity contribution in [3.05, 3.63) is 41.7 Å². The van der Waals surface area contributed by atoms with Gasteiger partial charge in [0.05, 0.1) is 18.3 Å². The largest absolute Gasteiger partial charge is 0.451 e. The Balaban J connectivity index is 1.71.